The first-order chi connectivity index (χ1) is 19.9. The van der Waals surface area contributed by atoms with Crippen LogP contribution in [0.25, 0.3) is 11.3 Å². The average Bonchev–Trinajstić information content (AvgIpc) is 2.95. The summed E-state index contributed by atoms with van der Waals surface area (Å²) in [6.45, 7) is 36.5. The van der Waals surface area contributed by atoms with E-state index in [-0.39, 0.29) is 17.6 Å². The van der Waals surface area contributed by atoms with Crippen molar-refractivity contribution in [2.75, 3.05) is 33.4 Å². The van der Waals surface area contributed by atoms with Gasteiger partial charge in [0.05, 0.1) is 36.8 Å². The van der Waals surface area contributed by atoms with Crippen molar-refractivity contribution in [1.82, 2.24) is 9.80 Å². The molecule has 2 heterocycles. The van der Waals surface area contributed by atoms with E-state index in [9.17, 15) is 0 Å². The fraction of sp³-hybridized carbons (Fsp3) is 0.568. The van der Waals surface area contributed by atoms with E-state index in [0.717, 1.165) is 40.8 Å². The van der Waals surface area contributed by atoms with Gasteiger partial charge >= 0.3 is 0 Å². The topological polar surface area (TPSA) is 34.2 Å². The number of nitrogens with zero attached hydrogens (tertiary/aromatic N) is 2. The molecule has 2 aliphatic heterocycles. The number of benzene rings is 1. The fourth-order valence-corrected chi connectivity index (χ4v) is 5.13. The Morgan fingerprint density at radius 1 is 1.07 bits per heavy atom. The van der Waals surface area contributed by atoms with Gasteiger partial charge in [-0.25, -0.2) is 0 Å². The molecule has 1 saturated heterocycles. The second-order valence-corrected chi connectivity index (χ2v) is 11.6. The monoisotopic (exact) mass is 580 g/mol. The average molecular weight is 581 g/mol. The molecule has 0 amide bonds. The Balaban J connectivity index is 0.00000211. The van der Waals surface area contributed by atoms with Gasteiger partial charge in [-0.05, 0) is 57.2 Å². The summed E-state index contributed by atoms with van der Waals surface area (Å²) in [6.07, 6.45) is 5.51. The van der Waals surface area contributed by atoms with Crippen LogP contribution < -0.4 is 15.2 Å². The summed E-state index contributed by atoms with van der Waals surface area (Å²) in [5.74, 6) is 1.56. The van der Waals surface area contributed by atoms with Crippen molar-refractivity contribution in [1.29, 1.82) is 0 Å². The highest BCUT2D eigenvalue weighted by molar-refractivity contribution is 5.70. The Labute approximate surface area is 257 Å². The molecule has 5 heteroatoms. The maximum absolute atomic E-state index is 6.32. The number of hydrogen-bond acceptors (Lipinski definition) is 5. The highest BCUT2D eigenvalue weighted by Crippen LogP contribution is 2.41. The molecule has 1 atom stereocenters. The summed E-state index contributed by atoms with van der Waals surface area (Å²) in [6, 6.07) is 6.64. The largest absolute Gasteiger partial charge is 0.494 e. The molecule has 1 aromatic carbocycles. The van der Waals surface area contributed by atoms with Crippen LogP contribution >= 0.6 is 0 Å². The molecular formula is C37H60N2O3. The number of ether oxygens (including phenoxy) is 3. The first kappa shape index (κ1) is 37.1. The molecule has 1 fully saturated rings. The molecule has 0 N–H and O–H groups in total. The molecule has 236 valence electrons. The molecular weight excluding hydrogens is 520 g/mol. The van der Waals surface area contributed by atoms with Crippen LogP contribution in [0.4, 0.5) is 0 Å². The Bertz CT molecular complexity index is 1230. The third-order valence-corrected chi connectivity index (χ3v) is 7.26. The summed E-state index contributed by atoms with van der Waals surface area (Å²) in [7, 11) is 2.20. The fourth-order valence-electron chi connectivity index (χ4n) is 5.13. The van der Waals surface area contributed by atoms with Crippen molar-refractivity contribution in [2.24, 2.45) is 5.41 Å². The van der Waals surface area contributed by atoms with Crippen molar-refractivity contribution in [3.63, 3.8) is 0 Å². The number of rotatable bonds is 9. The van der Waals surface area contributed by atoms with Crippen LogP contribution in [0.15, 0.2) is 66.2 Å². The van der Waals surface area contributed by atoms with Crippen LogP contribution in [0.2, 0.25) is 0 Å². The molecule has 0 saturated carbocycles. The molecule has 0 aliphatic carbocycles. The normalized spacial score (nSPS) is 18.5. The highest BCUT2D eigenvalue weighted by Gasteiger charge is 2.40. The van der Waals surface area contributed by atoms with Crippen LogP contribution in [0.3, 0.4) is 0 Å². The molecule has 1 unspecified atom stereocenters. The molecule has 0 radical (unpaired) electrons. The van der Waals surface area contributed by atoms with Gasteiger partial charge in [-0.2, -0.15) is 0 Å². The summed E-state index contributed by atoms with van der Waals surface area (Å²) >= 11 is 0. The van der Waals surface area contributed by atoms with Crippen LogP contribution in [-0.4, -0.2) is 55.4 Å². The first-order valence-electron chi connectivity index (χ1n) is 15.9. The van der Waals surface area contributed by atoms with Gasteiger partial charge in [0.25, 0.3) is 0 Å². The smallest absolute Gasteiger partial charge is 0.127 e. The van der Waals surface area contributed by atoms with Gasteiger partial charge in [0.2, 0.25) is 0 Å². The number of allylic oxidation sites excluding steroid dienone is 2. The number of likely N-dealkylation sites (N-methyl/N-ethyl adjacent to an activating group) is 1. The van der Waals surface area contributed by atoms with Crippen molar-refractivity contribution in [2.45, 2.75) is 102 Å². The summed E-state index contributed by atoms with van der Waals surface area (Å²) in [5, 5.41) is 2.33. The van der Waals surface area contributed by atoms with Gasteiger partial charge in [-0.1, -0.05) is 86.3 Å². The lowest BCUT2D eigenvalue weighted by atomic mass is 9.82. The Kier molecular flexibility index (Phi) is 15.2. The third kappa shape index (κ3) is 9.04. The highest BCUT2D eigenvalue weighted by atomic mass is 16.5. The molecule has 0 spiro atoms. The van der Waals surface area contributed by atoms with Crippen LogP contribution in [0.1, 0.15) is 89.5 Å². The summed E-state index contributed by atoms with van der Waals surface area (Å²) < 4.78 is 17.8. The predicted molar refractivity (Wildman–Crippen MR) is 182 cm³/mol. The van der Waals surface area contributed by atoms with E-state index in [4.69, 9.17) is 14.2 Å². The molecule has 0 bridgehead atoms. The first-order valence-corrected chi connectivity index (χ1v) is 15.9. The number of fused-ring (bicyclic) bond motifs is 1. The minimum atomic E-state index is 0.0434. The van der Waals surface area contributed by atoms with E-state index in [0.29, 0.717) is 25.6 Å². The second-order valence-electron chi connectivity index (χ2n) is 11.6. The number of piperazine rings is 1. The van der Waals surface area contributed by atoms with Crippen molar-refractivity contribution >= 4 is 11.3 Å². The van der Waals surface area contributed by atoms with Crippen LogP contribution in [0, 0.1) is 5.41 Å². The second kappa shape index (κ2) is 17.3. The van der Waals surface area contributed by atoms with Gasteiger partial charge in [-0.3, -0.25) is 0 Å². The molecule has 1 aromatic rings. The Morgan fingerprint density at radius 2 is 1.71 bits per heavy atom. The van der Waals surface area contributed by atoms with Gasteiger partial charge in [-0.15, -0.1) is 0 Å². The minimum Gasteiger partial charge on any atom is -0.494 e. The van der Waals surface area contributed by atoms with E-state index in [2.05, 4.69) is 95.1 Å². The van der Waals surface area contributed by atoms with Crippen molar-refractivity contribution in [3.8, 4) is 5.75 Å². The summed E-state index contributed by atoms with van der Waals surface area (Å²) in [4.78, 5) is 4.81. The maximum atomic E-state index is 6.32. The van der Waals surface area contributed by atoms with Crippen molar-refractivity contribution in [3.05, 3.63) is 76.7 Å². The summed E-state index contributed by atoms with van der Waals surface area (Å²) in [5.41, 5.74) is 5.51. The standard InChI is InChI=1S/C33H48N2O3.2C2H6/c1-12-23(5)31-26(15-14-16-29(31)38-18-17-37-22(3)4)32-28-19-24(6)27(25(7)36-13-2)20-35(28)30(21-34(32)11)33(8,9)10;2*1-2/h14-16,19-20,22,30H,6-7,12-13,17-18,21H2,1-5,8-11H3;2*1-2H3/b31-23?,32-26-;;. The van der Waals surface area contributed by atoms with E-state index < -0.39 is 0 Å². The van der Waals surface area contributed by atoms with Crippen LogP contribution in [-0.2, 0) is 9.47 Å². The SMILES string of the molecule is C=C1C=C2/C(=c3\cccc(OCCOC(C)C)c3=C(C)CC)N(C)CC(C(C)(C)C)N2C=C1C(=C)OCC.CC.CC. The Morgan fingerprint density at radius 3 is 2.26 bits per heavy atom. The molecule has 3 rings (SSSR count). The van der Waals surface area contributed by atoms with Crippen LogP contribution in [0.5, 0.6) is 5.75 Å². The molecule has 42 heavy (non-hydrogen) atoms. The van der Waals surface area contributed by atoms with Gasteiger partial charge in [0.1, 0.15) is 18.1 Å². The predicted octanol–water partition coefficient (Wildman–Crippen LogP) is 7.78. The minimum absolute atomic E-state index is 0.0434. The van der Waals surface area contributed by atoms with E-state index in [1.807, 2.05) is 48.5 Å². The zero-order valence-corrected chi connectivity index (χ0v) is 29.1. The van der Waals surface area contributed by atoms with Gasteiger partial charge in [0, 0.05) is 35.8 Å². The maximum Gasteiger partial charge on any atom is 0.127 e. The van der Waals surface area contributed by atoms with Gasteiger partial charge in [0.15, 0.2) is 0 Å². The quantitative estimate of drug-likeness (QED) is 0.220. The lowest BCUT2D eigenvalue weighted by Crippen LogP contribution is -2.55. The number of hydrogen-bond donors (Lipinski definition) is 0. The zero-order chi connectivity index (χ0) is 32.2. The molecule has 0 aromatic heterocycles. The Hall–Kier alpha value is -2.92. The lowest BCUT2D eigenvalue weighted by Gasteiger charge is -2.50. The van der Waals surface area contributed by atoms with E-state index in [1.165, 1.54) is 16.5 Å². The molecule has 2 aliphatic rings. The van der Waals surface area contributed by atoms with Crippen molar-refractivity contribution < 1.29 is 14.2 Å². The van der Waals surface area contributed by atoms with E-state index in [1.54, 1.807) is 0 Å². The van der Waals surface area contributed by atoms with E-state index >= 15 is 0 Å². The third-order valence-electron chi connectivity index (χ3n) is 7.26. The zero-order valence-electron chi connectivity index (χ0n) is 29.1. The van der Waals surface area contributed by atoms with Gasteiger partial charge < -0.3 is 24.0 Å². The lowest BCUT2D eigenvalue weighted by molar-refractivity contribution is 0.0550. The molecule has 5 nitrogen and oxygen atoms in total.